The molecule has 28 heavy (non-hydrogen) atoms. The van der Waals surface area contributed by atoms with Crippen molar-refractivity contribution >= 4 is 11.9 Å². The third kappa shape index (κ3) is 8.35. The van der Waals surface area contributed by atoms with Crippen LogP contribution in [0, 0.1) is 5.92 Å². The predicted molar refractivity (Wildman–Crippen MR) is 116 cm³/mol. The maximum Gasteiger partial charge on any atom is 0.220 e. The molecule has 0 spiro atoms. The Bertz CT molecular complexity index is 476. The number of guanidine groups is 1. The molecule has 0 radical (unpaired) electrons. The van der Waals surface area contributed by atoms with Gasteiger partial charge in [0.15, 0.2) is 5.96 Å². The number of nitrogens with one attached hydrogen (secondary N) is 2. The minimum Gasteiger partial charge on any atom is -0.369 e. The van der Waals surface area contributed by atoms with Gasteiger partial charge in [-0.05, 0) is 78.0 Å². The number of primary amides is 1. The minimum atomic E-state index is -0.131. The summed E-state index contributed by atoms with van der Waals surface area (Å²) in [7, 11) is 1.84. The Morgan fingerprint density at radius 2 is 1.71 bits per heavy atom. The van der Waals surface area contributed by atoms with Gasteiger partial charge in [-0.25, -0.2) is 0 Å². The van der Waals surface area contributed by atoms with Crippen LogP contribution < -0.4 is 16.4 Å². The second-order valence-electron chi connectivity index (χ2n) is 8.39. The number of nitrogens with zero attached hydrogens (tertiary/aromatic N) is 3. The molecule has 1 atom stereocenters. The van der Waals surface area contributed by atoms with Crippen LogP contribution in [0.25, 0.3) is 0 Å². The SMILES string of the molecule is CN=C(NCCCCN1CCC(C(N)=O)CC1)NCCCN1CCCCC1C. The standard InChI is InChI=1S/C21H42N6O/c1-18-8-3-5-14-27(18)15-7-12-25-21(23-2)24-11-4-6-13-26-16-9-19(10-17-26)20(22)28/h18-19H,3-17H2,1-2H3,(H2,22,28)(H2,23,24,25). The summed E-state index contributed by atoms with van der Waals surface area (Å²) in [6.07, 6.45) is 9.37. The van der Waals surface area contributed by atoms with Crippen molar-refractivity contribution in [2.45, 2.75) is 64.3 Å². The fourth-order valence-electron chi connectivity index (χ4n) is 4.31. The first kappa shape index (κ1) is 22.9. The molecule has 0 aliphatic carbocycles. The third-order valence-electron chi connectivity index (χ3n) is 6.26. The van der Waals surface area contributed by atoms with Gasteiger partial charge in [0.25, 0.3) is 0 Å². The Morgan fingerprint density at radius 3 is 2.36 bits per heavy atom. The molecule has 1 amide bonds. The number of carbonyl (C=O) groups excluding carboxylic acids is 1. The molecule has 2 aliphatic heterocycles. The summed E-state index contributed by atoms with van der Waals surface area (Å²) in [6.45, 7) is 9.81. The highest BCUT2D eigenvalue weighted by molar-refractivity contribution is 5.79. The van der Waals surface area contributed by atoms with Gasteiger partial charge in [0.2, 0.25) is 5.91 Å². The first-order valence-corrected chi connectivity index (χ1v) is 11.3. The largest absolute Gasteiger partial charge is 0.369 e. The molecule has 7 nitrogen and oxygen atoms in total. The van der Waals surface area contributed by atoms with E-state index < -0.39 is 0 Å². The summed E-state index contributed by atoms with van der Waals surface area (Å²) in [4.78, 5) is 20.6. The van der Waals surface area contributed by atoms with Crippen molar-refractivity contribution in [3.05, 3.63) is 0 Å². The second kappa shape index (κ2) is 13.0. The average molecular weight is 395 g/mol. The first-order chi connectivity index (χ1) is 13.6. The molecule has 0 aromatic rings. The Hall–Kier alpha value is -1.34. The number of carbonyl (C=O) groups is 1. The van der Waals surface area contributed by atoms with Crippen LogP contribution in [-0.2, 0) is 4.79 Å². The summed E-state index contributed by atoms with van der Waals surface area (Å²) in [6, 6.07) is 0.743. The van der Waals surface area contributed by atoms with E-state index in [4.69, 9.17) is 5.73 Å². The minimum absolute atomic E-state index is 0.0884. The number of likely N-dealkylation sites (tertiary alicyclic amines) is 2. The van der Waals surface area contributed by atoms with Gasteiger partial charge < -0.3 is 26.2 Å². The number of rotatable bonds is 10. The zero-order valence-electron chi connectivity index (χ0n) is 18.1. The summed E-state index contributed by atoms with van der Waals surface area (Å²) < 4.78 is 0. The van der Waals surface area contributed by atoms with Gasteiger partial charge in [-0.1, -0.05) is 6.42 Å². The van der Waals surface area contributed by atoms with E-state index in [1.165, 1.54) is 32.4 Å². The summed E-state index contributed by atoms with van der Waals surface area (Å²) in [5.41, 5.74) is 5.40. The molecule has 1 unspecified atom stereocenters. The fraction of sp³-hybridized carbons (Fsp3) is 0.905. The second-order valence-corrected chi connectivity index (χ2v) is 8.39. The Labute approximate surface area is 171 Å². The lowest BCUT2D eigenvalue weighted by atomic mass is 9.96. The quantitative estimate of drug-likeness (QED) is 0.296. The van der Waals surface area contributed by atoms with Crippen LogP contribution in [0.5, 0.6) is 0 Å². The number of nitrogens with two attached hydrogens (primary N) is 1. The van der Waals surface area contributed by atoms with Crippen molar-refractivity contribution in [3.63, 3.8) is 0 Å². The van der Waals surface area contributed by atoms with E-state index in [1.54, 1.807) is 0 Å². The fourth-order valence-corrected chi connectivity index (χ4v) is 4.31. The van der Waals surface area contributed by atoms with Gasteiger partial charge in [0.1, 0.15) is 0 Å². The van der Waals surface area contributed by atoms with Gasteiger partial charge in [0, 0.05) is 38.6 Å². The van der Waals surface area contributed by atoms with Crippen LogP contribution in [0.1, 0.15) is 58.3 Å². The van der Waals surface area contributed by atoms with Crippen LogP contribution in [-0.4, -0.2) is 80.6 Å². The molecule has 2 heterocycles. The van der Waals surface area contributed by atoms with Crippen LogP contribution in [0.15, 0.2) is 4.99 Å². The monoisotopic (exact) mass is 394 g/mol. The number of amides is 1. The van der Waals surface area contributed by atoms with E-state index in [-0.39, 0.29) is 11.8 Å². The van der Waals surface area contributed by atoms with Gasteiger partial charge in [-0.15, -0.1) is 0 Å². The molecule has 2 aliphatic rings. The van der Waals surface area contributed by atoms with Crippen molar-refractivity contribution in [3.8, 4) is 0 Å². The normalized spacial score (nSPS) is 22.9. The maximum atomic E-state index is 11.2. The van der Waals surface area contributed by atoms with Crippen molar-refractivity contribution in [2.75, 3.05) is 52.9 Å². The number of unbranched alkanes of at least 4 members (excludes halogenated alkanes) is 1. The lowest BCUT2D eigenvalue weighted by Gasteiger charge is -2.33. The molecular formula is C21H42N6O. The average Bonchev–Trinajstić information content (AvgIpc) is 2.71. The predicted octanol–water partition coefficient (Wildman–Crippen LogP) is 1.39. The highest BCUT2D eigenvalue weighted by Gasteiger charge is 2.22. The molecular weight excluding hydrogens is 352 g/mol. The van der Waals surface area contributed by atoms with Gasteiger partial charge >= 0.3 is 0 Å². The number of piperidine rings is 2. The Kier molecular flexibility index (Phi) is 10.6. The highest BCUT2D eigenvalue weighted by Crippen LogP contribution is 2.17. The highest BCUT2D eigenvalue weighted by atomic mass is 16.1. The lowest BCUT2D eigenvalue weighted by molar-refractivity contribution is -0.123. The molecule has 0 aromatic heterocycles. The molecule has 4 N–H and O–H groups in total. The van der Waals surface area contributed by atoms with E-state index in [0.717, 1.165) is 76.8 Å². The van der Waals surface area contributed by atoms with Gasteiger partial charge in [0.05, 0.1) is 0 Å². The van der Waals surface area contributed by atoms with Crippen molar-refractivity contribution in [2.24, 2.45) is 16.6 Å². The van der Waals surface area contributed by atoms with Gasteiger partial charge in [-0.3, -0.25) is 9.79 Å². The van der Waals surface area contributed by atoms with Crippen LogP contribution in [0.4, 0.5) is 0 Å². The smallest absolute Gasteiger partial charge is 0.220 e. The third-order valence-corrected chi connectivity index (χ3v) is 6.26. The van der Waals surface area contributed by atoms with E-state index in [1.807, 2.05) is 7.05 Å². The zero-order chi connectivity index (χ0) is 20.2. The molecule has 2 saturated heterocycles. The molecule has 2 fully saturated rings. The number of hydrogen-bond acceptors (Lipinski definition) is 4. The number of aliphatic imine (C=N–C) groups is 1. The summed E-state index contributed by atoms with van der Waals surface area (Å²) in [5, 5.41) is 6.86. The topological polar surface area (TPSA) is 86.0 Å². The van der Waals surface area contributed by atoms with E-state index in [9.17, 15) is 4.79 Å². The van der Waals surface area contributed by atoms with E-state index >= 15 is 0 Å². The lowest BCUT2D eigenvalue weighted by Crippen LogP contribution is -2.41. The maximum absolute atomic E-state index is 11.2. The summed E-state index contributed by atoms with van der Waals surface area (Å²) >= 11 is 0. The van der Waals surface area contributed by atoms with Gasteiger partial charge in [-0.2, -0.15) is 0 Å². The summed E-state index contributed by atoms with van der Waals surface area (Å²) in [5.74, 6) is 0.868. The molecule has 2 rings (SSSR count). The van der Waals surface area contributed by atoms with Crippen LogP contribution in [0.2, 0.25) is 0 Å². The molecule has 0 bridgehead atoms. The molecule has 0 aromatic carbocycles. The van der Waals surface area contributed by atoms with Crippen molar-refractivity contribution < 1.29 is 4.79 Å². The van der Waals surface area contributed by atoms with Crippen molar-refractivity contribution in [1.29, 1.82) is 0 Å². The molecule has 0 saturated carbocycles. The zero-order valence-corrected chi connectivity index (χ0v) is 18.1. The number of hydrogen-bond donors (Lipinski definition) is 3. The van der Waals surface area contributed by atoms with Crippen LogP contribution in [0.3, 0.4) is 0 Å². The molecule has 7 heteroatoms. The Balaban J connectivity index is 1.47. The van der Waals surface area contributed by atoms with E-state index in [0.29, 0.717) is 0 Å². The van der Waals surface area contributed by atoms with E-state index in [2.05, 4.69) is 32.3 Å². The van der Waals surface area contributed by atoms with Crippen LogP contribution >= 0.6 is 0 Å². The first-order valence-electron chi connectivity index (χ1n) is 11.3. The van der Waals surface area contributed by atoms with Crippen molar-refractivity contribution in [1.82, 2.24) is 20.4 Å². The Morgan fingerprint density at radius 1 is 1.00 bits per heavy atom. The molecule has 162 valence electrons.